The number of rotatable bonds is 2. The summed E-state index contributed by atoms with van der Waals surface area (Å²) in [5.74, 6) is 0. The van der Waals surface area contributed by atoms with Crippen LogP contribution in [0.15, 0.2) is 18.2 Å². The second kappa shape index (κ2) is 5.28. The molecule has 20 heavy (non-hydrogen) atoms. The first-order valence-electron chi connectivity index (χ1n) is 6.07. The maximum absolute atomic E-state index is 13.0. The average Bonchev–Trinajstić information content (AvgIpc) is 2.37. The molecular formula is C12H13F3N2O3. The van der Waals surface area contributed by atoms with Crippen LogP contribution in [0.3, 0.4) is 0 Å². The Morgan fingerprint density at radius 1 is 1.40 bits per heavy atom. The van der Waals surface area contributed by atoms with Gasteiger partial charge in [-0.3, -0.25) is 10.1 Å². The van der Waals surface area contributed by atoms with Crippen LogP contribution in [0.25, 0.3) is 0 Å². The molecule has 0 saturated carbocycles. The number of halogens is 3. The molecule has 1 aliphatic heterocycles. The Kier molecular flexibility index (Phi) is 3.85. The Bertz CT molecular complexity index is 519. The fourth-order valence-electron chi connectivity index (χ4n) is 2.31. The molecular weight excluding hydrogens is 277 g/mol. The van der Waals surface area contributed by atoms with Crippen molar-refractivity contribution in [1.29, 1.82) is 0 Å². The second-order valence-corrected chi connectivity index (χ2v) is 4.70. The van der Waals surface area contributed by atoms with Crippen molar-refractivity contribution < 1.29 is 23.2 Å². The van der Waals surface area contributed by atoms with Crippen LogP contribution in [0, 0.1) is 10.1 Å². The quantitative estimate of drug-likeness (QED) is 0.671. The number of hydrogen-bond donors (Lipinski definition) is 1. The number of anilines is 1. The third-order valence-electron chi connectivity index (χ3n) is 3.23. The van der Waals surface area contributed by atoms with Crippen molar-refractivity contribution >= 4 is 11.4 Å². The number of nitro groups is 1. The molecule has 0 bridgehead atoms. The number of nitro benzene ring substituents is 1. The van der Waals surface area contributed by atoms with Crippen molar-refractivity contribution in [2.75, 3.05) is 18.0 Å². The lowest BCUT2D eigenvalue weighted by atomic mass is 10.0. The normalized spacial score (nSPS) is 20.0. The number of β-amino-alcohol motifs (C(OH)–C–C–N with tert-alkyl or cyclic N) is 1. The van der Waals surface area contributed by atoms with Gasteiger partial charge < -0.3 is 10.0 Å². The van der Waals surface area contributed by atoms with E-state index < -0.39 is 28.5 Å². The summed E-state index contributed by atoms with van der Waals surface area (Å²) in [5.41, 5.74) is -1.76. The number of non-ortho nitro benzene ring substituents is 1. The van der Waals surface area contributed by atoms with Gasteiger partial charge in [0, 0.05) is 30.9 Å². The number of aliphatic hydroxyl groups excluding tert-OH is 1. The van der Waals surface area contributed by atoms with Crippen molar-refractivity contribution in [2.24, 2.45) is 0 Å². The fourth-order valence-corrected chi connectivity index (χ4v) is 2.31. The van der Waals surface area contributed by atoms with Gasteiger partial charge in [-0.2, -0.15) is 13.2 Å². The van der Waals surface area contributed by atoms with E-state index in [-0.39, 0.29) is 12.2 Å². The first-order chi connectivity index (χ1) is 9.29. The minimum Gasteiger partial charge on any atom is -0.391 e. The lowest BCUT2D eigenvalue weighted by molar-refractivity contribution is -0.385. The number of benzene rings is 1. The third-order valence-corrected chi connectivity index (χ3v) is 3.23. The summed E-state index contributed by atoms with van der Waals surface area (Å²) in [7, 11) is 0. The van der Waals surface area contributed by atoms with Gasteiger partial charge in [0.1, 0.15) is 0 Å². The number of alkyl halides is 3. The summed E-state index contributed by atoms with van der Waals surface area (Å²) in [5, 5.41) is 20.2. The zero-order valence-electron chi connectivity index (χ0n) is 10.4. The molecule has 0 aliphatic carbocycles. The van der Waals surface area contributed by atoms with Gasteiger partial charge in [0.2, 0.25) is 0 Å². The lowest BCUT2D eigenvalue weighted by Gasteiger charge is -2.33. The van der Waals surface area contributed by atoms with Gasteiger partial charge in [0.25, 0.3) is 5.69 Å². The van der Waals surface area contributed by atoms with E-state index in [1.165, 1.54) is 4.90 Å². The van der Waals surface area contributed by atoms with E-state index in [0.29, 0.717) is 25.5 Å². The molecule has 8 heteroatoms. The smallest absolute Gasteiger partial charge is 0.391 e. The van der Waals surface area contributed by atoms with Crippen molar-refractivity contribution in [3.05, 3.63) is 33.9 Å². The van der Waals surface area contributed by atoms with Crippen LogP contribution in [0.1, 0.15) is 18.4 Å². The van der Waals surface area contributed by atoms with E-state index in [4.69, 9.17) is 0 Å². The van der Waals surface area contributed by atoms with Crippen LogP contribution in [0.2, 0.25) is 0 Å². The number of nitrogens with zero attached hydrogens (tertiary/aromatic N) is 2. The molecule has 1 heterocycles. The van der Waals surface area contributed by atoms with Crippen LogP contribution in [-0.2, 0) is 6.18 Å². The topological polar surface area (TPSA) is 66.6 Å². The summed E-state index contributed by atoms with van der Waals surface area (Å²) in [4.78, 5) is 11.2. The SMILES string of the molecule is O=[N+]([O-])c1ccc(N2CCC[C@H](O)C2)c(C(F)(F)F)c1. The van der Waals surface area contributed by atoms with E-state index in [0.717, 1.165) is 12.1 Å². The summed E-state index contributed by atoms with van der Waals surface area (Å²) in [6.45, 7) is 0.485. The van der Waals surface area contributed by atoms with Gasteiger partial charge in [-0.1, -0.05) is 0 Å². The minimum absolute atomic E-state index is 0.0981. The van der Waals surface area contributed by atoms with Crippen molar-refractivity contribution in [3.63, 3.8) is 0 Å². The van der Waals surface area contributed by atoms with Gasteiger partial charge in [-0.25, -0.2) is 0 Å². The predicted octanol–water partition coefficient (Wildman–Crippen LogP) is 2.57. The zero-order chi connectivity index (χ0) is 14.9. The van der Waals surface area contributed by atoms with E-state index >= 15 is 0 Å². The highest BCUT2D eigenvalue weighted by atomic mass is 19.4. The molecule has 1 fully saturated rings. The zero-order valence-corrected chi connectivity index (χ0v) is 10.4. The Morgan fingerprint density at radius 3 is 2.65 bits per heavy atom. The van der Waals surface area contributed by atoms with Crippen LogP contribution < -0.4 is 4.90 Å². The van der Waals surface area contributed by atoms with Crippen LogP contribution in [0.5, 0.6) is 0 Å². The van der Waals surface area contributed by atoms with Crippen LogP contribution in [0.4, 0.5) is 24.5 Å². The molecule has 1 N–H and O–H groups in total. The van der Waals surface area contributed by atoms with Crippen molar-refractivity contribution in [2.45, 2.75) is 25.1 Å². The van der Waals surface area contributed by atoms with Gasteiger partial charge in [-0.15, -0.1) is 0 Å². The molecule has 110 valence electrons. The summed E-state index contributed by atoms with van der Waals surface area (Å²) < 4.78 is 39.1. The third kappa shape index (κ3) is 3.01. The number of aliphatic hydroxyl groups is 1. The first-order valence-corrected chi connectivity index (χ1v) is 6.07. The summed E-state index contributed by atoms with van der Waals surface area (Å²) in [6.07, 6.45) is -4.23. The number of piperidine rings is 1. The van der Waals surface area contributed by atoms with Crippen LogP contribution in [-0.4, -0.2) is 29.2 Å². The molecule has 2 rings (SSSR count). The summed E-state index contributed by atoms with van der Waals surface area (Å²) >= 11 is 0. The van der Waals surface area contributed by atoms with Crippen molar-refractivity contribution in [1.82, 2.24) is 0 Å². The minimum atomic E-state index is -4.68. The maximum Gasteiger partial charge on any atom is 0.418 e. The fraction of sp³-hybridized carbons (Fsp3) is 0.500. The Balaban J connectivity index is 2.43. The Morgan fingerprint density at radius 2 is 2.10 bits per heavy atom. The molecule has 1 saturated heterocycles. The van der Waals surface area contributed by atoms with Gasteiger partial charge in [-0.05, 0) is 18.9 Å². The van der Waals surface area contributed by atoms with E-state index in [1.54, 1.807) is 0 Å². The summed E-state index contributed by atoms with van der Waals surface area (Å²) in [6, 6.07) is 2.68. The molecule has 1 aliphatic rings. The predicted molar refractivity (Wildman–Crippen MR) is 65.6 cm³/mol. The maximum atomic E-state index is 13.0. The largest absolute Gasteiger partial charge is 0.418 e. The highest BCUT2D eigenvalue weighted by Crippen LogP contribution is 2.39. The highest BCUT2D eigenvalue weighted by Gasteiger charge is 2.37. The lowest BCUT2D eigenvalue weighted by Crippen LogP contribution is -2.39. The molecule has 0 aromatic heterocycles. The van der Waals surface area contributed by atoms with Gasteiger partial charge in [0.15, 0.2) is 0 Å². The molecule has 0 unspecified atom stereocenters. The second-order valence-electron chi connectivity index (χ2n) is 4.70. The molecule has 0 radical (unpaired) electrons. The van der Waals surface area contributed by atoms with E-state index in [2.05, 4.69) is 0 Å². The Hall–Kier alpha value is -1.83. The highest BCUT2D eigenvalue weighted by molar-refractivity contribution is 5.59. The molecule has 1 atom stereocenters. The number of hydrogen-bond acceptors (Lipinski definition) is 4. The van der Waals surface area contributed by atoms with Gasteiger partial charge in [0.05, 0.1) is 16.6 Å². The van der Waals surface area contributed by atoms with Crippen LogP contribution >= 0.6 is 0 Å². The van der Waals surface area contributed by atoms with E-state index in [9.17, 15) is 28.4 Å². The molecule has 1 aromatic rings. The molecule has 0 amide bonds. The standard InChI is InChI=1S/C12H13F3N2O3/c13-12(14,15)10-6-8(17(19)20)3-4-11(10)16-5-1-2-9(18)7-16/h3-4,6,9,18H,1-2,5,7H2/t9-/m0/s1. The molecule has 1 aromatic carbocycles. The molecule has 5 nitrogen and oxygen atoms in total. The van der Waals surface area contributed by atoms with Gasteiger partial charge >= 0.3 is 6.18 Å². The average molecular weight is 290 g/mol. The monoisotopic (exact) mass is 290 g/mol. The van der Waals surface area contributed by atoms with E-state index in [1.807, 2.05) is 0 Å². The van der Waals surface area contributed by atoms with Crippen molar-refractivity contribution in [3.8, 4) is 0 Å². The molecule has 0 spiro atoms. The Labute approximate surface area is 112 Å². The first kappa shape index (κ1) is 14.6.